The van der Waals surface area contributed by atoms with Gasteiger partial charge in [-0.15, -0.1) is 0 Å². The van der Waals surface area contributed by atoms with Crippen molar-refractivity contribution >= 4 is 11.8 Å². The zero-order valence-electron chi connectivity index (χ0n) is 7.99. The highest BCUT2D eigenvalue weighted by Crippen LogP contribution is 1.91. The number of likely N-dealkylation sites (N-methyl/N-ethyl adjacent to an activating group) is 2. The summed E-state index contributed by atoms with van der Waals surface area (Å²) in [7, 11) is 3.19. The van der Waals surface area contributed by atoms with Gasteiger partial charge in [0.2, 0.25) is 11.8 Å². The maximum atomic E-state index is 11.0. The van der Waals surface area contributed by atoms with Gasteiger partial charge in [-0.25, -0.2) is 0 Å². The zero-order valence-corrected chi connectivity index (χ0v) is 7.99. The summed E-state index contributed by atoms with van der Waals surface area (Å²) >= 11 is 0. The van der Waals surface area contributed by atoms with Gasteiger partial charge in [-0.05, 0) is 12.2 Å². The number of carbonyl (C=O) groups is 2. The number of nitrogens with zero attached hydrogens (tertiary/aromatic N) is 2. The highest BCUT2D eigenvalue weighted by Gasteiger charge is 2.09. The highest BCUT2D eigenvalue weighted by molar-refractivity contribution is 5.89. The molecule has 0 spiro atoms. The van der Waals surface area contributed by atoms with Crippen molar-refractivity contribution in [3.8, 4) is 0 Å². The van der Waals surface area contributed by atoms with Crippen molar-refractivity contribution in [2.45, 2.75) is 0 Å². The molecule has 72 valence electrons. The van der Waals surface area contributed by atoms with E-state index < -0.39 is 0 Å². The largest absolute Gasteiger partial charge is 0.324 e. The highest BCUT2D eigenvalue weighted by atomic mass is 16.2. The van der Waals surface area contributed by atoms with Crippen LogP contribution in [-0.2, 0) is 9.59 Å². The molecule has 0 atom stereocenters. The normalized spacial score (nSPS) is 8.77. The first-order valence-corrected chi connectivity index (χ1v) is 3.78. The Labute approximate surface area is 78.1 Å². The maximum Gasteiger partial charge on any atom is 0.247 e. The first kappa shape index (κ1) is 11.4. The molecule has 0 radical (unpaired) electrons. The molecule has 0 heterocycles. The molecule has 0 aliphatic carbocycles. The summed E-state index contributed by atoms with van der Waals surface area (Å²) in [4.78, 5) is 24.8. The molecular weight excluding hydrogens is 168 g/mol. The van der Waals surface area contributed by atoms with Gasteiger partial charge in [0, 0.05) is 14.1 Å². The fourth-order valence-electron chi connectivity index (χ4n) is 0.769. The lowest BCUT2D eigenvalue weighted by Gasteiger charge is -2.22. The van der Waals surface area contributed by atoms with E-state index in [1.54, 1.807) is 14.1 Å². The predicted octanol–water partition coefficient (Wildman–Crippen LogP) is 0.233. The van der Waals surface area contributed by atoms with Crippen LogP contribution in [0.4, 0.5) is 0 Å². The van der Waals surface area contributed by atoms with E-state index in [0.717, 1.165) is 0 Å². The van der Waals surface area contributed by atoms with Gasteiger partial charge in [0.15, 0.2) is 0 Å². The summed E-state index contributed by atoms with van der Waals surface area (Å²) in [6, 6.07) is 0. The van der Waals surface area contributed by atoms with Crippen LogP contribution in [0.15, 0.2) is 25.3 Å². The summed E-state index contributed by atoms with van der Waals surface area (Å²) in [5.74, 6) is -0.438. The number of rotatable bonds is 4. The second kappa shape index (κ2) is 5.13. The van der Waals surface area contributed by atoms with E-state index in [0.29, 0.717) is 0 Å². The molecule has 0 saturated carbocycles. The van der Waals surface area contributed by atoms with Crippen LogP contribution in [0.25, 0.3) is 0 Å². The van der Waals surface area contributed by atoms with Gasteiger partial charge in [-0.2, -0.15) is 0 Å². The Morgan fingerprint density at radius 2 is 1.38 bits per heavy atom. The van der Waals surface area contributed by atoms with Crippen molar-refractivity contribution in [1.29, 1.82) is 0 Å². The van der Waals surface area contributed by atoms with Crippen LogP contribution in [0.3, 0.4) is 0 Å². The fourth-order valence-corrected chi connectivity index (χ4v) is 0.769. The number of hydrogen-bond acceptors (Lipinski definition) is 2. The van der Waals surface area contributed by atoms with Crippen molar-refractivity contribution in [3.05, 3.63) is 25.3 Å². The molecule has 2 amide bonds. The molecule has 0 aromatic rings. The van der Waals surface area contributed by atoms with Gasteiger partial charge in [-0.1, -0.05) is 13.2 Å². The molecule has 0 rings (SSSR count). The van der Waals surface area contributed by atoms with Crippen molar-refractivity contribution < 1.29 is 9.59 Å². The van der Waals surface area contributed by atoms with Crippen molar-refractivity contribution in [2.75, 3.05) is 20.8 Å². The van der Waals surface area contributed by atoms with Gasteiger partial charge < -0.3 is 9.80 Å². The molecule has 0 saturated heterocycles. The molecule has 0 aromatic heterocycles. The number of amides is 2. The third kappa shape index (κ3) is 3.55. The van der Waals surface area contributed by atoms with Crippen molar-refractivity contribution in [2.24, 2.45) is 0 Å². The lowest BCUT2D eigenvalue weighted by Crippen LogP contribution is -2.38. The zero-order chi connectivity index (χ0) is 10.4. The molecular formula is C9H14N2O2. The Morgan fingerprint density at radius 3 is 1.62 bits per heavy atom. The van der Waals surface area contributed by atoms with Gasteiger partial charge in [-0.3, -0.25) is 9.59 Å². The van der Waals surface area contributed by atoms with Crippen molar-refractivity contribution in [3.63, 3.8) is 0 Å². The van der Waals surface area contributed by atoms with Crippen LogP contribution < -0.4 is 0 Å². The number of carbonyl (C=O) groups excluding carboxylic acids is 2. The fraction of sp³-hybridized carbons (Fsp3) is 0.333. The van der Waals surface area contributed by atoms with Gasteiger partial charge in [0.25, 0.3) is 0 Å². The molecule has 0 aliphatic rings. The molecule has 0 aliphatic heterocycles. The van der Waals surface area contributed by atoms with Crippen LogP contribution in [-0.4, -0.2) is 42.4 Å². The monoisotopic (exact) mass is 182 g/mol. The molecule has 0 aromatic carbocycles. The average Bonchev–Trinajstić information content (AvgIpc) is 2.14. The van der Waals surface area contributed by atoms with E-state index in [1.807, 2.05) is 0 Å². The lowest BCUT2D eigenvalue weighted by atomic mass is 10.5. The third-order valence-corrected chi connectivity index (χ3v) is 1.53. The summed E-state index contributed by atoms with van der Waals surface area (Å²) in [5, 5.41) is 0. The quantitative estimate of drug-likeness (QED) is 0.461. The molecule has 0 fully saturated rings. The Hall–Kier alpha value is -1.58. The summed E-state index contributed by atoms with van der Waals surface area (Å²) in [6.45, 7) is 6.91. The smallest absolute Gasteiger partial charge is 0.247 e. The minimum absolute atomic E-state index is 0.219. The van der Waals surface area contributed by atoms with E-state index in [-0.39, 0.29) is 18.5 Å². The van der Waals surface area contributed by atoms with Crippen molar-refractivity contribution in [1.82, 2.24) is 9.80 Å². The lowest BCUT2D eigenvalue weighted by molar-refractivity contribution is -0.131. The van der Waals surface area contributed by atoms with Crippen LogP contribution in [0.5, 0.6) is 0 Å². The minimum Gasteiger partial charge on any atom is -0.324 e. The summed E-state index contributed by atoms with van der Waals surface area (Å²) in [5.41, 5.74) is 0. The van der Waals surface area contributed by atoms with E-state index in [9.17, 15) is 9.59 Å². The molecule has 0 unspecified atom stereocenters. The van der Waals surface area contributed by atoms with Gasteiger partial charge >= 0.3 is 0 Å². The topological polar surface area (TPSA) is 40.6 Å². The van der Waals surface area contributed by atoms with Crippen LogP contribution in [0.2, 0.25) is 0 Å². The molecule has 0 bridgehead atoms. The maximum absolute atomic E-state index is 11.0. The van der Waals surface area contributed by atoms with Crippen LogP contribution in [0, 0.1) is 0 Å². The Balaban J connectivity index is 4.12. The van der Waals surface area contributed by atoms with E-state index in [4.69, 9.17) is 0 Å². The number of hydrogen-bond donors (Lipinski definition) is 0. The van der Waals surface area contributed by atoms with Gasteiger partial charge in [0.1, 0.15) is 0 Å². The molecule has 4 heteroatoms. The average molecular weight is 182 g/mol. The Kier molecular flexibility index (Phi) is 4.51. The Morgan fingerprint density at radius 1 is 1.08 bits per heavy atom. The first-order valence-electron chi connectivity index (χ1n) is 3.78. The van der Waals surface area contributed by atoms with E-state index in [1.165, 1.54) is 22.0 Å². The minimum atomic E-state index is -0.219. The van der Waals surface area contributed by atoms with Gasteiger partial charge in [0.05, 0.1) is 6.67 Å². The van der Waals surface area contributed by atoms with Crippen LogP contribution >= 0.6 is 0 Å². The standard InChI is InChI=1S/C9H14N2O2/c1-5-8(12)10(3)7-11(4)9(13)6-2/h5-6H,1-2,7H2,3-4H3. The SMILES string of the molecule is C=CC(=O)N(C)CN(C)C(=O)C=C. The second-order valence-electron chi connectivity index (χ2n) is 2.62. The van der Waals surface area contributed by atoms with E-state index in [2.05, 4.69) is 13.2 Å². The Bertz CT molecular complexity index is 212. The molecule has 4 nitrogen and oxygen atoms in total. The van der Waals surface area contributed by atoms with Crippen LogP contribution in [0.1, 0.15) is 0 Å². The van der Waals surface area contributed by atoms with E-state index >= 15 is 0 Å². The third-order valence-electron chi connectivity index (χ3n) is 1.53. The molecule has 0 N–H and O–H groups in total. The predicted molar refractivity (Wildman–Crippen MR) is 50.8 cm³/mol. The summed E-state index contributed by atoms with van der Waals surface area (Å²) in [6.07, 6.45) is 2.40. The second-order valence-corrected chi connectivity index (χ2v) is 2.62. The first-order chi connectivity index (χ1) is 6.02. The molecule has 13 heavy (non-hydrogen) atoms. The summed E-state index contributed by atoms with van der Waals surface area (Å²) < 4.78 is 0.